The molecule has 0 saturated heterocycles. The molecule has 321 valence electrons. The van der Waals surface area contributed by atoms with Crippen LogP contribution in [0, 0.1) is 226 Å². The van der Waals surface area contributed by atoms with Crippen LogP contribution < -0.4 is 10.7 Å². The van der Waals surface area contributed by atoms with E-state index in [-0.39, 0.29) is 0 Å². The molecule has 0 unspecified atom stereocenters. The predicted molar refractivity (Wildman–Crippen MR) is 225 cm³/mol. The minimum atomic E-state index is -6.17. The van der Waals surface area contributed by atoms with Crippen LogP contribution in [-0.2, 0) is 32.2 Å². The summed E-state index contributed by atoms with van der Waals surface area (Å²) in [7, 11) is -18.5. The number of rotatable bonds is 0. The summed E-state index contributed by atoms with van der Waals surface area (Å²) in [6, 6.07) is 19.4. The number of benzene rings is 3. The van der Waals surface area contributed by atoms with Crippen LogP contribution in [0.25, 0.3) is 0 Å². The summed E-state index contributed by atoms with van der Waals surface area (Å²) in [4.78, 5) is 18.6. The van der Waals surface area contributed by atoms with Gasteiger partial charge >= 0.3 is 424 Å². The van der Waals surface area contributed by atoms with Gasteiger partial charge in [-0.25, -0.2) is 0 Å². The van der Waals surface area contributed by atoms with Crippen LogP contribution in [0.3, 0.4) is 0 Å². The van der Waals surface area contributed by atoms with E-state index in [9.17, 15) is 0 Å². The Labute approximate surface area is 419 Å². The molecule has 18 nitrogen and oxygen atoms in total. The van der Waals surface area contributed by atoms with Gasteiger partial charge in [0.1, 0.15) is 0 Å². The third-order valence-electron chi connectivity index (χ3n) is 8.37. The average molecular weight is 1310 g/mol. The Balaban J connectivity index is -0.000000726. The van der Waals surface area contributed by atoms with Gasteiger partial charge in [0.15, 0.2) is 0 Å². The van der Waals surface area contributed by atoms with E-state index in [1.165, 1.54) is 112 Å². The molecule has 0 spiro atoms. The summed E-state index contributed by atoms with van der Waals surface area (Å²) in [5.74, 6) is 0. The molecule has 0 bridgehead atoms. The second kappa shape index (κ2) is 21.9. The van der Waals surface area contributed by atoms with Crippen molar-refractivity contribution in [2.75, 3.05) is 0 Å². The van der Waals surface area contributed by atoms with E-state index >= 15 is 0 Å². The summed E-state index contributed by atoms with van der Waals surface area (Å²) in [5.41, 5.74) is 8.58. The van der Waals surface area contributed by atoms with Gasteiger partial charge in [0.05, 0.1) is 0 Å². The number of nitrogens with zero attached hydrogens (tertiary/aromatic N) is 18. The van der Waals surface area contributed by atoms with Gasteiger partial charge in [-0.3, -0.25) is 0 Å². The summed E-state index contributed by atoms with van der Waals surface area (Å²) >= 11 is 4.54. The van der Waals surface area contributed by atoms with E-state index in [1.807, 2.05) is 0 Å². The van der Waals surface area contributed by atoms with Crippen molar-refractivity contribution in [1.82, 2.24) is 0 Å². The van der Waals surface area contributed by atoms with Crippen molar-refractivity contribution in [3.8, 4) is 89.4 Å². The normalized spacial score (nSPS) is 11.9. The van der Waals surface area contributed by atoms with Crippen LogP contribution in [0.2, 0.25) is 0 Å². The van der Waals surface area contributed by atoms with Crippen molar-refractivity contribution in [1.29, 1.82) is 94.7 Å². The Kier molecular flexibility index (Phi) is 20.8. The third-order valence-corrected chi connectivity index (χ3v) is 24.1. The summed E-state index contributed by atoms with van der Waals surface area (Å²) in [6.07, 6.45) is 0. The van der Waals surface area contributed by atoms with Crippen molar-refractivity contribution in [2.24, 2.45) is 0 Å². The van der Waals surface area contributed by atoms with Crippen molar-refractivity contribution < 1.29 is 32.2 Å². The average Bonchev–Trinajstić information content (AvgIpc) is 3.38. The zero-order chi connectivity index (χ0) is 52.5. The maximum absolute atomic E-state index is 8.58. The molecule has 0 aromatic heterocycles. The maximum atomic E-state index is 8.58. The molecular weight excluding hydrogens is 1280 g/mol. The molecule has 0 aliphatic rings. The fourth-order valence-electron chi connectivity index (χ4n) is 3.05. The van der Waals surface area contributed by atoms with Gasteiger partial charge in [0.25, 0.3) is 0 Å². The first kappa shape index (κ1) is 62.7. The van der Waals surface area contributed by atoms with Crippen molar-refractivity contribution >= 4 is 78.3 Å². The van der Waals surface area contributed by atoms with Crippen LogP contribution >= 0.6 is 0 Å². The molecule has 0 fully saturated rings. The molecular formula is C42H27Fe3N18Sn3. The van der Waals surface area contributed by atoms with E-state index < -0.39 is 32.2 Å². The molecule has 0 radical (unpaired) electrons. The molecule has 66 heavy (non-hydrogen) atoms. The quantitative estimate of drug-likeness (QED) is 0.290. The number of nitriles is 18. The zero-order valence-electron chi connectivity index (χ0n) is 35.3. The fourth-order valence-corrected chi connectivity index (χ4v) is 8.05. The zero-order valence-corrected chi connectivity index (χ0v) is 47.2. The Hall–Kier alpha value is -7.57. The third kappa shape index (κ3) is 11.2. The molecule has 3 rings (SSSR count). The molecule has 0 aliphatic heterocycles. The molecule has 3 aromatic rings. The minimum absolute atomic E-state index is 1.03. The molecule has 3 aromatic carbocycles. The van der Waals surface area contributed by atoms with E-state index in [0.717, 1.165) is 89.4 Å². The second-order valence-corrected chi connectivity index (χ2v) is 33.6. The fraction of sp³-hybridized carbons (Fsp3) is 0.143. The SMILES string of the molecule is Cc1ccc[c]([Sn+3])c1C.Cc1ccc[c]([Sn+3])c1C.Cc1ccc[c]([Sn+3])c1C.N#[C][Fe-3]([C]#N)([C]#N)([C]#N)([C]#N)[C]#N.N#[C][Fe-3]([C]#N)([C]#N)([C]#N)([C]#N)[C]#N.N#[C][Fe-3]([C]#N)([C]#N)([C]#N)([C]#N)[C]#N. The number of hydrogen-bond donors (Lipinski definition) is 0. The Morgan fingerprint density at radius 1 is 0.258 bits per heavy atom. The van der Waals surface area contributed by atoms with Crippen molar-refractivity contribution in [2.45, 2.75) is 41.5 Å². The van der Waals surface area contributed by atoms with Gasteiger partial charge in [-0.2, -0.15) is 0 Å². The second-order valence-electron chi connectivity index (χ2n) is 12.1. The van der Waals surface area contributed by atoms with E-state index in [4.69, 9.17) is 94.7 Å². The molecule has 0 heterocycles. The topological polar surface area (TPSA) is 428 Å². The Morgan fingerprint density at radius 3 is 0.439 bits per heavy atom. The number of hydrogen-bond acceptors (Lipinski definition) is 18. The van der Waals surface area contributed by atoms with E-state index in [1.54, 1.807) is 0 Å². The van der Waals surface area contributed by atoms with Gasteiger partial charge in [-0.05, 0) is 0 Å². The first-order valence-corrected chi connectivity index (χ1v) is 30.4. The molecule has 0 aliphatic carbocycles. The van der Waals surface area contributed by atoms with E-state index in [2.05, 4.69) is 96.1 Å². The first-order chi connectivity index (χ1) is 30.6. The summed E-state index contributed by atoms with van der Waals surface area (Å²) in [6.45, 7) is 13.0. The van der Waals surface area contributed by atoms with E-state index in [0.29, 0.717) is 0 Å². The van der Waals surface area contributed by atoms with Crippen LogP contribution in [0.1, 0.15) is 33.4 Å². The first-order valence-electron chi connectivity index (χ1n) is 16.2. The van der Waals surface area contributed by atoms with Crippen LogP contribution in [0.4, 0.5) is 0 Å². The van der Waals surface area contributed by atoms with Gasteiger partial charge < -0.3 is 0 Å². The van der Waals surface area contributed by atoms with Crippen molar-refractivity contribution in [3.05, 3.63) is 88.0 Å². The molecule has 0 amide bonds. The summed E-state index contributed by atoms with van der Waals surface area (Å²) < 4.78 is 4.42. The van der Waals surface area contributed by atoms with Gasteiger partial charge in [-0.1, -0.05) is 0 Å². The summed E-state index contributed by atoms with van der Waals surface area (Å²) in [5, 5.41) is 154. The van der Waals surface area contributed by atoms with Crippen LogP contribution in [0.5, 0.6) is 0 Å². The monoisotopic (exact) mass is 1310 g/mol. The van der Waals surface area contributed by atoms with Crippen LogP contribution in [0.15, 0.2) is 54.6 Å². The standard InChI is InChI=1S/3C8H9.18CN.3Fe.3Sn/c3*1-7-5-3-4-6-8(7)2;18*1-2;;;;;;/h3*3-5H,1-2H3;;;;;;;;;;;;;;;;;;;;;;;;/q;;;;;;;;;;;;;;;;;;;;;3*-3;3*+3. The molecule has 24 heteroatoms. The molecule has 0 N–H and O–H groups in total. The van der Waals surface area contributed by atoms with Gasteiger partial charge in [-0.15, -0.1) is 0 Å². The Bertz CT molecular complexity index is 2550. The van der Waals surface area contributed by atoms with Gasteiger partial charge in [0.2, 0.25) is 0 Å². The van der Waals surface area contributed by atoms with Gasteiger partial charge in [0, 0.05) is 0 Å². The molecule has 0 atom stereocenters. The van der Waals surface area contributed by atoms with Crippen LogP contribution in [-0.4, -0.2) is 67.6 Å². The number of aryl methyl sites for hydroxylation is 3. The molecule has 0 saturated carbocycles. The Morgan fingerprint density at radius 2 is 0.379 bits per heavy atom. The predicted octanol–water partition coefficient (Wildman–Crippen LogP) is 3.59. The van der Waals surface area contributed by atoms with Crippen molar-refractivity contribution in [3.63, 3.8) is 0 Å².